The molecule has 1 aromatic heterocycles. The lowest BCUT2D eigenvalue weighted by Gasteiger charge is -2.32. The molecule has 0 unspecified atom stereocenters. The SMILES string of the molecule is COc1ccccc1-c1cc(NC2CCN(Cc3ccccc3)CC2)ncn1. The van der Waals surface area contributed by atoms with Crippen LogP contribution in [0.2, 0.25) is 0 Å². The van der Waals surface area contributed by atoms with Crippen molar-refractivity contribution in [1.29, 1.82) is 0 Å². The largest absolute Gasteiger partial charge is 0.496 e. The number of hydrogen-bond donors (Lipinski definition) is 1. The van der Waals surface area contributed by atoms with Gasteiger partial charge in [0, 0.05) is 37.3 Å². The van der Waals surface area contributed by atoms with Gasteiger partial charge in [-0.2, -0.15) is 0 Å². The van der Waals surface area contributed by atoms with Gasteiger partial charge in [-0.15, -0.1) is 0 Å². The number of nitrogens with zero attached hydrogens (tertiary/aromatic N) is 3. The predicted octanol–water partition coefficient (Wildman–Crippen LogP) is 4.23. The lowest BCUT2D eigenvalue weighted by molar-refractivity contribution is 0.211. The minimum Gasteiger partial charge on any atom is -0.496 e. The van der Waals surface area contributed by atoms with Crippen LogP contribution in [0.25, 0.3) is 11.3 Å². The Kier molecular flexibility index (Phi) is 5.83. The molecule has 5 nitrogen and oxygen atoms in total. The normalized spacial score (nSPS) is 15.3. The molecule has 0 saturated carbocycles. The fourth-order valence-corrected chi connectivity index (χ4v) is 3.73. The van der Waals surface area contributed by atoms with Crippen LogP contribution in [-0.4, -0.2) is 41.1 Å². The van der Waals surface area contributed by atoms with Crippen LogP contribution in [0.5, 0.6) is 5.75 Å². The molecule has 0 aliphatic carbocycles. The summed E-state index contributed by atoms with van der Waals surface area (Å²) in [5.41, 5.74) is 3.23. The van der Waals surface area contributed by atoms with Crippen LogP contribution in [0.3, 0.4) is 0 Å². The van der Waals surface area contributed by atoms with Crippen LogP contribution in [0.4, 0.5) is 5.82 Å². The maximum absolute atomic E-state index is 5.46. The van der Waals surface area contributed by atoms with Crippen LogP contribution in [0, 0.1) is 0 Å². The second-order valence-corrected chi connectivity index (χ2v) is 7.17. The highest BCUT2D eigenvalue weighted by molar-refractivity contribution is 5.68. The Morgan fingerprint density at radius 1 is 1.00 bits per heavy atom. The van der Waals surface area contributed by atoms with E-state index in [1.54, 1.807) is 13.4 Å². The molecule has 4 rings (SSSR count). The summed E-state index contributed by atoms with van der Waals surface area (Å²) in [6.07, 6.45) is 3.84. The van der Waals surface area contributed by atoms with Crippen molar-refractivity contribution in [3.8, 4) is 17.0 Å². The predicted molar refractivity (Wildman–Crippen MR) is 112 cm³/mol. The molecule has 0 amide bonds. The van der Waals surface area contributed by atoms with Crippen LogP contribution in [0.1, 0.15) is 18.4 Å². The van der Waals surface area contributed by atoms with E-state index in [0.29, 0.717) is 6.04 Å². The van der Waals surface area contributed by atoms with Gasteiger partial charge in [0.15, 0.2) is 0 Å². The topological polar surface area (TPSA) is 50.3 Å². The number of piperidine rings is 1. The fraction of sp³-hybridized carbons (Fsp3) is 0.304. The molecule has 144 valence electrons. The zero-order valence-corrected chi connectivity index (χ0v) is 16.2. The summed E-state index contributed by atoms with van der Waals surface area (Å²) in [7, 11) is 1.68. The molecule has 1 aliphatic heterocycles. The van der Waals surface area contributed by atoms with Crippen molar-refractivity contribution < 1.29 is 4.74 Å². The number of aromatic nitrogens is 2. The molecule has 0 spiro atoms. The molecule has 1 saturated heterocycles. The maximum Gasteiger partial charge on any atom is 0.130 e. The summed E-state index contributed by atoms with van der Waals surface area (Å²) in [6, 6.07) is 21.1. The van der Waals surface area contributed by atoms with Crippen molar-refractivity contribution in [2.45, 2.75) is 25.4 Å². The van der Waals surface area contributed by atoms with Gasteiger partial charge in [0.25, 0.3) is 0 Å². The van der Waals surface area contributed by atoms with Gasteiger partial charge in [0.2, 0.25) is 0 Å². The summed E-state index contributed by atoms with van der Waals surface area (Å²) < 4.78 is 5.46. The van der Waals surface area contributed by atoms with Crippen molar-refractivity contribution in [3.63, 3.8) is 0 Å². The number of rotatable bonds is 6. The summed E-state index contributed by atoms with van der Waals surface area (Å²) in [5.74, 6) is 1.69. The molecule has 1 fully saturated rings. The van der Waals surface area contributed by atoms with E-state index >= 15 is 0 Å². The van der Waals surface area contributed by atoms with Crippen molar-refractivity contribution in [3.05, 3.63) is 72.6 Å². The average Bonchev–Trinajstić information content (AvgIpc) is 2.76. The van der Waals surface area contributed by atoms with Gasteiger partial charge in [0.05, 0.1) is 12.8 Å². The zero-order valence-electron chi connectivity index (χ0n) is 16.2. The second-order valence-electron chi connectivity index (χ2n) is 7.17. The number of ether oxygens (including phenoxy) is 1. The van der Waals surface area contributed by atoms with E-state index in [-0.39, 0.29) is 0 Å². The number of methoxy groups -OCH3 is 1. The van der Waals surface area contributed by atoms with E-state index in [4.69, 9.17) is 4.74 Å². The summed E-state index contributed by atoms with van der Waals surface area (Å²) in [4.78, 5) is 11.4. The minimum absolute atomic E-state index is 0.437. The molecule has 0 radical (unpaired) electrons. The van der Waals surface area contributed by atoms with Gasteiger partial charge in [-0.25, -0.2) is 9.97 Å². The van der Waals surface area contributed by atoms with Crippen LogP contribution >= 0.6 is 0 Å². The highest BCUT2D eigenvalue weighted by Gasteiger charge is 2.19. The van der Waals surface area contributed by atoms with Gasteiger partial charge in [0.1, 0.15) is 17.9 Å². The lowest BCUT2D eigenvalue weighted by atomic mass is 10.0. The number of nitrogens with one attached hydrogen (secondary N) is 1. The molecule has 1 aliphatic rings. The number of para-hydroxylation sites is 1. The van der Waals surface area contributed by atoms with Crippen LogP contribution in [-0.2, 0) is 6.54 Å². The first-order valence-electron chi connectivity index (χ1n) is 9.80. The highest BCUT2D eigenvalue weighted by Crippen LogP contribution is 2.29. The first-order valence-corrected chi connectivity index (χ1v) is 9.80. The first-order chi connectivity index (χ1) is 13.8. The van der Waals surface area contributed by atoms with Gasteiger partial charge >= 0.3 is 0 Å². The van der Waals surface area contributed by atoms with E-state index in [2.05, 4.69) is 50.5 Å². The van der Waals surface area contributed by atoms with E-state index in [1.165, 1.54) is 5.56 Å². The molecule has 5 heteroatoms. The molecular weight excluding hydrogens is 348 g/mol. The molecular formula is C23H26N4O. The molecule has 2 aromatic carbocycles. The minimum atomic E-state index is 0.437. The van der Waals surface area contributed by atoms with Crippen LogP contribution < -0.4 is 10.1 Å². The molecule has 2 heterocycles. The van der Waals surface area contributed by atoms with Gasteiger partial charge in [-0.3, -0.25) is 4.90 Å². The Morgan fingerprint density at radius 2 is 1.75 bits per heavy atom. The molecule has 1 N–H and O–H groups in total. The molecule has 3 aromatic rings. The number of hydrogen-bond acceptors (Lipinski definition) is 5. The maximum atomic E-state index is 5.46. The molecule has 0 bridgehead atoms. The Bertz CT molecular complexity index is 892. The summed E-state index contributed by atoms with van der Waals surface area (Å²) in [5, 5.41) is 3.59. The lowest BCUT2D eigenvalue weighted by Crippen LogP contribution is -2.38. The monoisotopic (exact) mass is 374 g/mol. The number of benzene rings is 2. The van der Waals surface area contributed by atoms with E-state index in [0.717, 1.165) is 55.3 Å². The second kappa shape index (κ2) is 8.85. The third kappa shape index (κ3) is 4.49. The van der Waals surface area contributed by atoms with Gasteiger partial charge in [-0.05, 0) is 30.5 Å². The van der Waals surface area contributed by atoms with Gasteiger partial charge < -0.3 is 10.1 Å². The Morgan fingerprint density at radius 3 is 2.54 bits per heavy atom. The Hall–Kier alpha value is -2.92. The van der Waals surface area contributed by atoms with Crippen molar-refractivity contribution in [2.24, 2.45) is 0 Å². The van der Waals surface area contributed by atoms with E-state index in [9.17, 15) is 0 Å². The Labute approximate surface area is 166 Å². The van der Waals surface area contributed by atoms with Crippen molar-refractivity contribution >= 4 is 5.82 Å². The van der Waals surface area contributed by atoms with Crippen molar-refractivity contribution in [2.75, 3.05) is 25.5 Å². The first kappa shape index (κ1) is 18.4. The zero-order chi connectivity index (χ0) is 19.2. The van der Waals surface area contributed by atoms with Crippen LogP contribution in [0.15, 0.2) is 67.0 Å². The van der Waals surface area contributed by atoms with E-state index in [1.807, 2.05) is 30.3 Å². The number of anilines is 1. The quantitative estimate of drug-likeness (QED) is 0.700. The van der Waals surface area contributed by atoms with Gasteiger partial charge in [-0.1, -0.05) is 42.5 Å². The molecule has 28 heavy (non-hydrogen) atoms. The smallest absolute Gasteiger partial charge is 0.130 e. The summed E-state index contributed by atoms with van der Waals surface area (Å²) in [6.45, 7) is 3.22. The average molecular weight is 374 g/mol. The van der Waals surface area contributed by atoms with E-state index < -0.39 is 0 Å². The molecule has 0 atom stereocenters. The summed E-state index contributed by atoms with van der Waals surface area (Å²) >= 11 is 0. The van der Waals surface area contributed by atoms with Crippen molar-refractivity contribution in [1.82, 2.24) is 14.9 Å². The Balaban J connectivity index is 1.37. The number of likely N-dealkylation sites (tertiary alicyclic amines) is 1. The fourth-order valence-electron chi connectivity index (χ4n) is 3.73. The standard InChI is InChI=1S/C23H26N4O/c1-28-22-10-6-5-9-20(22)21-15-23(25-17-24-21)26-19-11-13-27(14-12-19)16-18-7-3-2-4-8-18/h2-10,15,17,19H,11-14,16H2,1H3,(H,24,25,26). The highest BCUT2D eigenvalue weighted by atomic mass is 16.5. The third-order valence-electron chi connectivity index (χ3n) is 5.24. The third-order valence-corrected chi connectivity index (χ3v) is 5.24.